The number of ether oxygens (including phenoxy) is 3. The molecule has 0 aliphatic carbocycles. The Kier molecular flexibility index (Phi) is 12.6. The van der Waals surface area contributed by atoms with Crippen LogP contribution in [0.3, 0.4) is 0 Å². The Balaban J connectivity index is 1.01. The summed E-state index contributed by atoms with van der Waals surface area (Å²) in [6.07, 6.45) is -12.3. The Morgan fingerprint density at radius 3 is 2.37 bits per heavy atom. The Hall–Kier alpha value is -5.25. The van der Waals surface area contributed by atoms with Gasteiger partial charge in [-0.15, -0.1) is 0 Å². The van der Waals surface area contributed by atoms with Crippen molar-refractivity contribution in [2.45, 2.75) is 68.3 Å². The number of hydrogen-bond acceptors (Lipinski definition) is 17. The largest absolute Gasteiger partial charge is 0.472 e. The maximum atomic E-state index is 16.8. The van der Waals surface area contributed by atoms with Gasteiger partial charge in [-0.05, 0) is 53.7 Å². The van der Waals surface area contributed by atoms with Crippen LogP contribution in [-0.2, 0) is 52.0 Å². The molecule has 65 heavy (non-hydrogen) atoms. The van der Waals surface area contributed by atoms with Gasteiger partial charge in [0.2, 0.25) is 5.91 Å². The van der Waals surface area contributed by atoms with Crippen molar-refractivity contribution in [3.63, 3.8) is 0 Å². The molecule has 5 aromatic rings. The molecule has 2 bridgehead atoms. The highest BCUT2D eigenvalue weighted by molar-refractivity contribution is 8.54. The number of halogens is 2. The molecule has 0 saturated carbocycles. The lowest BCUT2D eigenvalue weighted by Crippen LogP contribution is -2.47. The third kappa shape index (κ3) is 9.42. The van der Waals surface area contributed by atoms with Crippen LogP contribution in [0.1, 0.15) is 39.7 Å². The van der Waals surface area contributed by atoms with Gasteiger partial charge < -0.3 is 24.8 Å². The van der Waals surface area contributed by atoms with Crippen LogP contribution in [-0.4, -0.2) is 103 Å². The third-order valence-corrected chi connectivity index (χ3v) is 15.5. The molecule has 6 heterocycles. The fourth-order valence-electron chi connectivity index (χ4n) is 7.50. The van der Waals surface area contributed by atoms with E-state index in [9.17, 15) is 28.4 Å². The molecule has 24 heteroatoms. The number of fused-ring (bicyclic) bond motifs is 4. The number of rotatable bonds is 8. The van der Waals surface area contributed by atoms with E-state index in [2.05, 4.69) is 15.0 Å². The van der Waals surface area contributed by atoms with Crippen LogP contribution in [0.4, 0.5) is 14.6 Å². The summed E-state index contributed by atoms with van der Waals surface area (Å²) in [5, 5.41) is 0. The van der Waals surface area contributed by atoms with Crippen molar-refractivity contribution in [3.05, 3.63) is 120 Å². The number of aromatic nitrogens is 4. The Morgan fingerprint density at radius 2 is 1.62 bits per heavy atom. The summed E-state index contributed by atoms with van der Waals surface area (Å²) in [5.74, 6) is -1.87. The standard InChI is InChI=1S/C41H38F2N6O13P2S/c1-22-7-11-25(12-8-22)41(52)58-26-13-9-23(10-14-26)19-65-64(55)57-17-29-32(42)36(40(59-29)48-16-27(28(50)15-31(48)51)24-5-3-2-4-6-24)61-63(53,54)56-18-30-35(62-64)33(43)39(60-30)49-21-47-34-37(44)45-20-46-38(34)49/h2-14,16,20-21,29-30,32-33,35-36,39-40H,15,17-19H2,1H3,(H,53,54)(H2,44,45,46)/t29-,30-,32-,33-,35-,36-,39-,40-,64?/m1/s1. The number of nitrogens with zero attached hydrogens (tertiary/aromatic N) is 5. The number of benzene rings is 3. The fourth-order valence-corrected chi connectivity index (χ4v) is 11.8. The molecule has 0 radical (unpaired) electrons. The summed E-state index contributed by atoms with van der Waals surface area (Å²) in [4.78, 5) is 63.2. The molecule has 19 nitrogen and oxygen atoms in total. The third-order valence-electron chi connectivity index (χ3n) is 10.8. The normalized spacial score (nSPS) is 30.8. The van der Waals surface area contributed by atoms with E-state index in [-0.39, 0.29) is 34.1 Å². The second kappa shape index (κ2) is 18.2. The smallest absolute Gasteiger partial charge is 0.423 e. The van der Waals surface area contributed by atoms with Gasteiger partial charge in [0.05, 0.1) is 31.5 Å². The Labute approximate surface area is 372 Å². The zero-order valence-corrected chi connectivity index (χ0v) is 36.5. The van der Waals surface area contributed by atoms with Crippen LogP contribution in [0.25, 0.3) is 16.7 Å². The maximum absolute atomic E-state index is 16.8. The first-order valence-electron chi connectivity index (χ1n) is 19.9. The molecular weight excluding hydrogens is 916 g/mol. The average Bonchev–Trinajstić information content (AvgIpc) is 3.95. The zero-order chi connectivity index (χ0) is 45.6. The van der Waals surface area contributed by atoms with Gasteiger partial charge in [-0.3, -0.25) is 37.2 Å². The van der Waals surface area contributed by atoms with E-state index in [1.807, 2.05) is 6.92 Å². The average molecular weight is 955 g/mol. The lowest BCUT2D eigenvalue weighted by molar-refractivity contribution is -0.148. The summed E-state index contributed by atoms with van der Waals surface area (Å²) in [6.45, 7) is -4.61. The highest BCUT2D eigenvalue weighted by Crippen LogP contribution is 2.64. The predicted molar refractivity (Wildman–Crippen MR) is 226 cm³/mol. The van der Waals surface area contributed by atoms with Crippen molar-refractivity contribution in [3.8, 4) is 5.75 Å². The molecule has 3 aromatic carbocycles. The number of phosphoric ester groups is 1. The van der Waals surface area contributed by atoms with Crippen LogP contribution in [0.15, 0.2) is 97.7 Å². The van der Waals surface area contributed by atoms with Crippen molar-refractivity contribution in [1.29, 1.82) is 0 Å². The molecule has 4 aliphatic heterocycles. The Bertz CT molecular complexity index is 2760. The number of nitrogens with two attached hydrogens (primary N) is 1. The van der Waals surface area contributed by atoms with Gasteiger partial charge in [-0.2, -0.15) is 0 Å². The lowest BCUT2D eigenvalue weighted by atomic mass is 9.97. The first-order valence-corrected chi connectivity index (χ1v) is 24.5. The number of hydrogen-bond donors (Lipinski definition) is 2. The van der Waals surface area contributed by atoms with E-state index in [0.717, 1.165) is 23.0 Å². The first-order chi connectivity index (χ1) is 31.1. The lowest BCUT2D eigenvalue weighted by Gasteiger charge is -2.33. The van der Waals surface area contributed by atoms with Gasteiger partial charge in [-0.25, -0.2) is 37.7 Å². The molecule has 340 valence electrons. The van der Waals surface area contributed by atoms with E-state index in [1.165, 1.54) is 23.0 Å². The minimum Gasteiger partial charge on any atom is -0.423 e. The number of nitrogen functional groups attached to an aromatic ring is 1. The number of allylic oxidation sites excluding steroid dienone is 1. The van der Waals surface area contributed by atoms with Crippen LogP contribution >= 0.6 is 26.0 Å². The number of alkyl halides is 2. The van der Waals surface area contributed by atoms with Gasteiger partial charge in [0.1, 0.15) is 42.0 Å². The number of carbonyl (C=O) groups excluding carboxylic acids is 3. The van der Waals surface area contributed by atoms with Gasteiger partial charge in [-0.1, -0.05) is 60.2 Å². The summed E-state index contributed by atoms with van der Waals surface area (Å²) in [6, 6.07) is 21.3. The van der Waals surface area contributed by atoms with Crippen molar-refractivity contribution < 1.29 is 69.5 Å². The number of aryl methyl sites for hydroxylation is 1. The van der Waals surface area contributed by atoms with E-state index < -0.39 is 101 Å². The molecule has 4 aliphatic rings. The fraction of sp³-hybridized carbons (Fsp3) is 0.317. The molecule has 3 saturated heterocycles. The van der Waals surface area contributed by atoms with E-state index >= 15 is 8.78 Å². The van der Waals surface area contributed by atoms with Gasteiger partial charge in [0.15, 0.2) is 42.0 Å². The number of ketones is 1. The highest BCUT2D eigenvalue weighted by Gasteiger charge is 2.56. The zero-order valence-electron chi connectivity index (χ0n) is 33.9. The molecule has 1 amide bonds. The van der Waals surface area contributed by atoms with Crippen molar-refractivity contribution >= 4 is 66.2 Å². The van der Waals surface area contributed by atoms with E-state index in [1.54, 1.807) is 66.7 Å². The number of carbonyl (C=O) groups is 3. The molecule has 3 N–H and O–H groups in total. The highest BCUT2D eigenvalue weighted by atomic mass is 32.7. The molecule has 2 unspecified atom stereocenters. The van der Waals surface area contributed by atoms with E-state index in [4.69, 9.17) is 38.0 Å². The number of anilines is 1. The maximum Gasteiger partial charge on any atom is 0.472 e. The SMILES string of the molecule is Cc1ccc(C(=O)Oc2ccc(CSP3(=O)OC[C@H]4O[C@@H](N5C=C(c6ccccc6)C(=O)CC5=O)[C@H](OP(=O)(O)OC[C@H]5O[C@@H](n6cnc7c(N)ncnc76)[C@H](F)[C@@H]5O3)[C@@H]4F)cc2)cc1. The van der Waals surface area contributed by atoms with Gasteiger partial charge in [0, 0.05) is 17.5 Å². The molecule has 9 rings (SSSR count). The topological polar surface area (TPSA) is 243 Å². The quantitative estimate of drug-likeness (QED) is 0.0780. The van der Waals surface area contributed by atoms with Crippen molar-refractivity contribution in [2.24, 2.45) is 0 Å². The number of imidazole rings is 1. The van der Waals surface area contributed by atoms with Crippen molar-refractivity contribution in [1.82, 2.24) is 24.4 Å². The predicted octanol–water partition coefficient (Wildman–Crippen LogP) is 6.04. The van der Waals surface area contributed by atoms with Crippen LogP contribution in [0.2, 0.25) is 0 Å². The van der Waals surface area contributed by atoms with Crippen LogP contribution < -0.4 is 10.5 Å². The molecule has 10 atom stereocenters. The van der Waals surface area contributed by atoms with Gasteiger partial charge in [0.25, 0.3) is 0 Å². The Morgan fingerprint density at radius 1 is 0.892 bits per heavy atom. The summed E-state index contributed by atoms with van der Waals surface area (Å²) >= 11 is 0.594. The molecular formula is C41H38F2N6O13P2S. The summed E-state index contributed by atoms with van der Waals surface area (Å²) in [5.41, 5.74) is 8.46. The molecule has 0 spiro atoms. The molecule has 2 aromatic heterocycles. The number of esters is 1. The second-order valence-electron chi connectivity index (χ2n) is 15.2. The van der Waals surface area contributed by atoms with Crippen LogP contribution in [0, 0.1) is 6.92 Å². The monoisotopic (exact) mass is 954 g/mol. The van der Waals surface area contributed by atoms with Gasteiger partial charge >= 0.3 is 20.6 Å². The van der Waals surface area contributed by atoms with Crippen molar-refractivity contribution in [2.75, 3.05) is 18.9 Å². The van der Waals surface area contributed by atoms with Crippen LogP contribution in [0.5, 0.6) is 5.75 Å². The van der Waals surface area contributed by atoms with E-state index in [0.29, 0.717) is 28.1 Å². The summed E-state index contributed by atoms with van der Waals surface area (Å²) < 4.78 is 103. The minimum absolute atomic E-state index is 0.0135. The number of Topliss-reactive ketones (excluding diaryl/α,β-unsaturated/α-hetero) is 1. The number of amides is 1. The number of phosphoric acid groups is 1. The first kappa shape index (κ1) is 44.9. The summed E-state index contributed by atoms with van der Waals surface area (Å²) in [7, 11) is -5.35. The molecule has 3 fully saturated rings. The second-order valence-corrected chi connectivity index (χ2v) is 20.7. The minimum atomic E-state index is -5.35.